The summed E-state index contributed by atoms with van der Waals surface area (Å²) < 4.78 is 6.19. The van der Waals surface area contributed by atoms with Gasteiger partial charge in [-0.15, -0.1) is 0 Å². The van der Waals surface area contributed by atoms with Crippen LogP contribution >= 0.6 is 62.3 Å². The molecule has 0 fully saturated rings. The Labute approximate surface area is 257 Å². The largest absolute Gasteiger partial charge is 0.422 e. The number of anilines is 1. The fraction of sp³-hybridized carbons (Fsp3) is 0. The Morgan fingerprint density at radius 3 is 2.12 bits per heavy atom. The Bertz CT molecular complexity index is 1660. The van der Waals surface area contributed by atoms with Crippen LogP contribution in [-0.4, -0.2) is 24.0 Å². The van der Waals surface area contributed by atoms with Gasteiger partial charge in [0.15, 0.2) is 0 Å². The minimum atomic E-state index is -0.693. The average molecular weight is 680 g/mol. The lowest BCUT2D eigenvalue weighted by Crippen LogP contribution is -2.18. The summed E-state index contributed by atoms with van der Waals surface area (Å²) in [6.45, 7) is 0. The topological polar surface area (TPSA) is 96.9 Å². The number of nitrogens with zero attached hydrogens (tertiary/aromatic N) is 1. The monoisotopic (exact) mass is 677 g/mol. The minimum Gasteiger partial charge on any atom is -0.422 e. The number of carbonyl (C=O) groups is 3. The normalized spacial score (nSPS) is 10.8. The zero-order valence-corrected chi connectivity index (χ0v) is 24.7. The van der Waals surface area contributed by atoms with E-state index in [-0.39, 0.29) is 32.5 Å². The minimum absolute atomic E-state index is 0.135. The second-order valence-electron chi connectivity index (χ2n) is 8.05. The van der Waals surface area contributed by atoms with Gasteiger partial charge in [0, 0.05) is 31.3 Å². The van der Waals surface area contributed by atoms with Crippen molar-refractivity contribution in [3.63, 3.8) is 0 Å². The Hall–Kier alpha value is -3.40. The zero-order chi connectivity index (χ0) is 28.8. The number of ether oxygens (including phenoxy) is 1. The lowest BCUT2D eigenvalue weighted by molar-refractivity contribution is 0.0734. The molecule has 40 heavy (non-hydrogen) atoms. The number of hydrazone groups is 1. The van der Waals surface area contributed by atoms with Crippen molar-refractivity contribution in [3.8, 4) is 5.75 Å². The molecule has 0 aliphatic rings. The van der Waals surface area contributed by atoms with E-state index in [1.165, 1.54) is 42.6 Å². The lowest BCUT2D eigenvalue weighted by atomic mass is 10.1. The lowest BCUT2D eigenvalue weighted by Gasteiger charge is -2.09. The van der Waals surface area contributed by atoms with Crippen molar-refractivity contribution in [1.29, 1.82) is 0 Å². The molecular weight excluding hydrogens is 664 g/mol. The number of carbonyl (C=O) groups excluding carboxylic acids is 3. The molecule has 0 spiro atoms. The third-order valence-electron chi connectivity index (χ3n) is 5.25. The molecule has 12 heteroatoms. The molecule has 0 saturated heterocycles. The predicted molar refractivity (Wildman–Crippen MR) is 161 cm³/mol. The van der Waals surface area contributed by atoms with E-state index in [1.54, 1.807) is 42.5 Å². The van der Waals surface area contributed by atoms with Crippen molar-refractivity contribution >= 4 is 92.0 Å². The molecule has 4 aromatic carbocycles. The van der Waals surface area contributed by atoms with Gasteiger partial charge in [0.05, 0.1) is 27.4 Å². The molecule has 0 radical (unpaired) electrons. The molecule has 0 aromatic heterocycles. The van der Waals surface area contributed by atoms with Crippen molar-refractivity contribution in [1.82, 2.24) is 5.43 Å². The summed E-state index contributed by atoms with van der Waals surface area (Å²) in [5.74, 6) is -1.52. The van der Waals surface area contributed by atoms with E-state index in [0.29, 0.717) is 25.8 Å². The van der Waals surface area contributed by atoms with Gasteiger partial charge >= 0.3 is 5.97 Å². The summed E-state index contributed by atoms with van der Waals surface area (Å²) in [5, 5.41) is 7.81. The maximum atomic E-state index is 12.7. The molecule has 0 heterocycles. The number of hydrogen-bond acceptors (Lipinski definition) is 5. The van der Waals surface area contributed by atoms with Gasteiger partial charge in [-0.1, -0.05) is 68.4 Å². The number of rotatable bonds is 7. The molecule has 0 aliphatic carbocycles. The van der Waals surface area contributed by atoms with E-state index in [0.717, 1.165) is 0 Å². The SMILES string of the molecule is O=C(NN=Cc1cc(Br)ccc1OC(=O)c1ccc(Cl)cc1Cl)c1cccc(NC(=O)c2ccc(Cl)cc2Cl)c1. The first kappa shape index (κ1) is 29.6. The van der Waals surface area contributed by atoms with Crippen LogP contribution in [0, 0.1) is 0 Å². The summed E-state index contributed by atoms with van der Waals surface area (Å²) in [6, 6.07) is 20.1. The van der Waals surface area contributed by atoms with E-state index in [9.17, 15) is 14.4 Å². The Kier molecular flexibility index (Phi) is 9.84. The van der Waals surface area contributed by atoms with Crippen LogP contribution in [0.2, 0.25) is 20.1 Å². The van der Waals surface area contributed by atoms with Gasteiger partial charge in [0.1, 0.15) is 5.75 Å². The van der Waals surface area contributed by atoms with E-state index in [4.69, 9.17) is 51.1 Å². The Morgan fingerprint density at radius 1 is 0.775 bits per heavy atom. The van der Waals surface area contributed by atoms with Crippen LogP contribution < -0.4 is 15.5 Å². The summed E-state index contributed by atoms with van der Waals surface area (Å²) in [7, 11) is 0. The van der Waals surface area contributed by atoms with E-state index >= 15 is 0 Å². The van der Waals surface area contributed by atoms with Gasteiger partial charge in [-0.3, -0.25) is 9.59 Å². The summed E-state index contributed by atoms with van der Waals surface area (Å²) >= 11 is 27.4. The first-order valence-corrected chi connectivity index (χ1v) is 13.6. The van der Waals surface area contributed by atoms with Crippen LogP contribution in [0.1, 0.15) is 36.6 Å². The maximum Gasteiger partial charge on any atom is 0.345 e. The van der Waals surface area contributed by atoms with Gasteiger partial charge in [-0.05, 0) is 72.8 Å². The highest BCUT2D eigenvalue weighted by Crippen LogP contribution is 2.26. The summed E-state index contributed by atoms with van der Waals surface area (Å²) in [5.41, 5.74) is 3.78. The molecule has 4 rings (SSSR count). The van der Waals surface area contributed by atoms with Gasteiger partial charge in [-0.2, -0.15) is 5.10 Å². The first-order chi connectivity index (χ1) is 19.1. The van der Waals surface area contributed by atoms with Crippen molar-refractivity contribution in [2.45, 2.75) is 0 Å². The second-order valence-corrected chi connectivity index (χ2v) is 10.7. The fourth-order valence-corrected chi connectivity index (χ4v) is 4.72. The molecule has 0 aliphatic heterocycles. The number of benzene rings is 4. The van der Waals surface area contributed by atoms with Gasteiger partial charge in [0.2, 0.25) is 0 Å². The molecule has 0 unspecified atom stereocenters. The molecule has 4 aromatic rings. The summed E-state index contributed by atoms with van der Waals surface area (Å²) in [6.07, 6.45) is 1.32. The summed E-state index contributed by atoms with van der Waals surface area (Å²) in [4.78, 5) is 38.0. The third kappa shape index (κ3) is 7.62. The van der Waals surface area contributed by atoms with Crippen molar-refractivity contribution < 1.29 is 19.1 Å². The van der Waals surface area contributed by atoms with Crippen molar-refractivity contribution in [3.05, 3.63) is 126 Å². The number of hydrogen-bond donors (Lipinski definition) is 2. The first-order valence-electron chi connectivity index (χ1n) is 11.3. The van der Waals surface area contributed by atoms with Crippen LogP contribution in [0.25, 0.3) is 0 Å². The number of halogens is 5. The molecular formula is C28H16BrCl4N3O4. The van der Waals surface area contributed by atoms with Crippen LogP contribution in [0.5, 0.6) is 5.75 Å². The Morgan fingerprint density at radius 2 is 1.45 bits per heavy atom. The van der Waals surface area contributed by atoms with Gasteiger partial charge in [0.25, 0.3) is 11.8 Å². The van der Waals surface area contributed by atoms with Crippen molar-refractivity contribution in [2.24, 2.45) is 5.10 Å². The highest BCUT2D eigenvalue weighted by molar-refractivity contribution is 9.10. The van der Waals surface area contributed by atoms with Crippen molar-refractivity contribution in [2.75, 3.05) is 5.32 Å². The maximum absolute atomic E-state index is 12.7. The van der Waals surface area contributed by atoms with E-state index < -0.39 is 17.8 Å². The smallest absolute Gasteiger partial charge is 0.345 e. The van der Waals surface area contributed by atoms with Crippen LogP contribution in [0.15, 0.2) is 88.4 Å². The third-order valence-corrected chi connectivity index (χ3v) is 6.84. The predicted octanol–water partition coefficient (Wildman–Crippen LogP) is 8.30. The molecule has 7 nitrogen and oxygen atoms in total. The average Bonchev–Trinajstić information content (AvgIpc) is 2.90. The van der Waals surface area contributed by atoms with Gasteiger partial charge < -0.3 is 10.1 Å². The highest BCUT2D eigenvalue weighted by Gasteiger charge is 2.16. The molecule has 0 atom stereocenters. The number of amides is 2. The molecule has 2 amide bonds. The number of nitrogens with one attached hydrogen (secondary N) is 2. The molecule has 202 valence electrons. The zero-order valence-electron chi connectivity index (χ0n) is 20.1. The van der Waals surface area contributed by atoms with E-state index in [1.807, 2.05) is 0 Å². The van der Waals surface area contributed by atoms with E-state index in [2.05, 4.69) is 31.8 Å². The van der Waals surface area contributed by atoms with Crippen LogP contribution in [0.3, 0.4) is 0 Å². The molecule has 0 bridgehead atoms. The fourth-order valence-electron chi connectivity index (χ4n) is 3.36. The van der Waals surface area contributed by atoms with Gasteiger partial charge in [-0.25, -0.2) is 10.2 Å². The standard InChI is InChI=1S/C28H16BrCl4N3O4/c29-17-4-9-25(40-28(39)22-8-6-19(31)13-24(22)33)16(10-17)14-34-36-26(37)15-2-1-3-20(11-15)35-27(38)21-7-5-18(30)12-23(21)32/h1-14H,(H,35,38)(H,36,37). The second kappa shape index (κ2) is 13.3. The van der Waals surface area contributed by atoms with Crippen LogP contribution in [-0.2, 0) is 0 Å². The Balaban J connectivity index is 1.44. The molecule has 2 N–H and O–H groups in total. The van der Waals surface area contributed by atoms with Crippen LogP contribution in [0.4, 0.5) is 5.69 Å². The quantitative estimate of drug-likeness (QED) is 0.0889. The molecule has 0 saturated carbocycles. The number of esters is 1. The highest BCUT2D eigenvalue weighted by atomic mass is 79.9.